The smallest absolute Gasteiger partial charge is 0.314 e. The number of carbonyl (C=O) groups excluding carboxylic acids is 3. The molecule has 0 fully saturated rings. The third-order valence-electron chi connectivity index (χ3n) is 3.19. The van der Waals surface area contributed by atoms with Crippen molar-refractivity contribution in [2.45, 2.75) is 13.8 Å². The first-order valence-electron chi connectivity index (χ1n) is 7.46. The van der Waals surface area contributed by atoms with E-state index in [9.17, 15) is 14.4 Å². The molecular formula is C18H18N2O4. The van der Waals surface area contributed by atoms with Gasteiger partial charge in [-0.15, -0.1) is 0 Å². The van der Waals surface area contributed by atoms with E-state index >= 15 is 0 Å². The molecule has 0 aliphatic rings. The van der Waals surface area contributed by atoms with Crippen molar-refractivity contribution in [1.82, 2.24) is 0 Å². The van der Waals surface area contributed by atoms with Crippen LogP contribution in [0.4, 0.5) is 11.4 Å². The molecule has 6 nitrogen and oxygen atoms in total. The molecule has 6 heteroatoms. The number of amides is 2. The number of nitrogens with one attached hydrogen (secondary N) is 2. The van der Waals surface area contributed by atoms with Crippen LogP contribution in [-0.2, 0) is 9.59 Å². The van der Waals surface area contributed by atoms with E-state index in [1.54, 1.807) is 48.5 Å². The van der Waals surface area contributed by atoms with E-state index in [0.29, 0.717) is 29.3 Å². The van der Waals surface area contributed by atoms with Crippen LogP contribution in [0, 0.1) is 0 Å². The molecule has 0 atom stereocenters. The zero-order valence-corrected chi connectivity index (χ0v) is 13.5. The van der Waals surface area contributed by atoms with Crippen LogP contribution in [0.25, 0.3) is 0 Å². The number of Topliss-reactive ketones (excluding diaryl/α,β-unsaturated/α-hetero) is 1. The molecule has 2 rings (SSSR count). The van der Waals surface area contributed by atoms with E-state index in [0.717, 1.165) is 0 Å². The van der Waals surface area contributed by atoms with Gasteiger partial charge in [-0.05, 0) is 50.2 Å². The Morgan fingerprint density at radius 3 is 2.17 bits per heavy atom. The Morgan fingerprint density at radius 1 is 0.917 bits per heavy atom. The van der Waals surface area contributed by atoms with Crippen molar-refractivity contribution in [3.05, 3.63) is 54.1 Å². The molecule has 0 aliphatic heterocycles. The number of hydrogen-bond acceptors (Lipinski definition) is 4. The normalized spacial score (nSPS) is 9.92. The van der Waals surface area contributed by atoms with Crippen LogP contribution in [0.1, 0.15) is 24.2 Å². The van der Waals surface area contributed by atoms with Gasteiger partial charge in [0.2, 0.25) is 0 Å². The fourth-order valence-corrected chi connectivity index (χ4v) is 2.01. The summed E-state index contributed by atoms with van der Waals surface area (Å²) in [6.07, 6.45) is 0. The highest BCUT2D eigenvalue weighted by Crippen LogP contribution is 2.23. The van der Waals surface area contributed by atoms with Crippen LogP contribution in [0.5, 0.6) is 5.75 Å². The van der Waals surface area contributed by atoms with Crippen LogP contribution >= 0.6 is 0 Å². The molecule has 0 saturated heterocycles. The second-order valence-electron chi connectivity index (χ2n) is 4.97. The fraction of sp³-hybridized carbons (Fsp3) is 0.167. The minimum atomic E-state index is -0.808. The largest absolute Gasteiger partial charge is 0.492 e. The lowest BCUT2D eigenvalue weighted by Crippen LogP contribution is -2.29. The summed E-state index contributed by atoms with van der Waals surface area (Å²) in [5, 5.41) is 4.99. The van der Waals surface area contributed by atoms with E-state index in [1.165, 1.54) is 6.92 Å². The lowest BCUT2D eigenvalue weighted by atomic mass is 10.1. The third kappa shape index (κ3) is 4.42. The van der Waals surface area contributed by atoms with Gasteiger partial charge in [-0.25, -0.2) is 0 Å². The molecule has 0 aliphatic carbocycles. The highest BCUT2D eigenvalue weighted by Gasteiger charge is 2.16. The SMILES string of the molecule is CCOc1ccccc1NC(=O)C(=O)Nc1ccc(C(C)=O)cc1. The van der Waals surface area contributed by atoms with Crippen LogP contribution in [0.15, 0.2) is 48.5 Å². The molecule has 0 heterocycles. The Hall–Kier alpha value is -3.15. The maximum absolute atomic E-state index is 12.0. The van der Waals surface area contributed by atoms with Crippen molar-refractivity contribution in [2.24, 2.45) is 0 Å². The number of ether oxygens (including phenoxy) is 1. The lowest BCUT2D eigenvalue weighted by Gasteiger charge is -2.11. The van der Waals surface area contributed by atoms with Crippen LogP contribution in [0.2, 0.25) is 0 Å². The van der Waals surface area contributed by atoms with E-state index in [2.05, 4.69) is 10.6 Å². The molecule has 24 heavy (non-hydrogen) atoms. The van der Waals surface area contributed by atoms with Crippen LogP contribution in [-0.4, -0.2) is 24.2 Å². The zero-order valence-electron chi connectivity index (χ0n) is 13.5. The van der Waals surface area contributed by atoms with Gasteiger partial charge >= 0.3 is 11.8 Å². The average Bonchev–Trinajstić information content (AvgIpc) is 2.57. The minimum absolute atomic E-state index is 0.0712. The van der Waals surface area contributed by atoms with Gasteiger partial charge in [0.15, 0.2) is 5.78 Å². The van der Waals surface area contributed by atoms with Crippen molar-refractivity contribution >= 4 is 29.0 Å². The topological polar surface area (TPSA) is 84.5 Å². The predicted molar refractivity (Wildman–Crippen MR) is 91.3 cm³/mol. The molecule has 2 aromatic carbocycles. The van der Waals surface area contributed by atoms with Crippen molar-refractivity contribution in [1.29, 1.82) is 0 Å². The standard InChI is InChI=1S/C18H18N2O4/c1-3-24-16-7-5-4-6-15(16)20-18(23)17(22)19-14-10-8-13(9-11-14)12(2)21/h4-11H,3H2,1-2H3,(H,19,22)(H,20,23). The van der Waals surface area contributed by atoms with Gasteiger partial charge in [0.1, 0.15) is 5.75 Å². The molecule has 2 N–H and O–H groups in total. The Labute approximate surface area is 139 Å². The summed E-state index contributed by atoms with van der Waals surface area (Å²) in [4.78, 5) is 35.2. The van der Waals surface area contributed by atoms with Gasteiger partial charge < -0.3 is 15.4 Å². The monoisotopic (exact) mass is 326 g/mol. The van der Waals surface area contributed by atoms with E-state index in [1.807, 2.05) is 6.92 Å². The molecular weight excluding hydrogens is 308 g/mol. The molecule has 0 aromatic heterocycles. The highest BCUT2D eigenvalue weighted by molar-refractivity contribution is 6.43. The van der Waals surface area contributed by atoms with Crippen molar-refractivity contribution in [3.8, 4) is 5.75 Å². The van der Waals surface area contributed by atoms with Gasteiger partial charge in [-0.3, -0.25) is 14.4 Å². The zero-order chi connectivity index (χ0) is 17.5. The van der Waals surface area contributed by atoms with Gasteiger partial charge in [0.25, 0.3) is 0 Å². The molecule has 0 spiro atoms. The first kappa shape index (κ1) is 17.2. The fourth-order valence-electron chi connectivity index (χ4n) is 2.01. The maximum Gasteiger partial charge on any atom is 0.314 e. The van der Waals surface area contributed by atoms with E-state index < -0.39 is 11.8 Å². The molecule has 0 saturated carbocycles. The molecule has 0 bridgehead atoms. The summed E-state index contributed by atoms with van der Waals surface area (Å²) >= 11 is 0. The number of ketones is 1. The summed E-state index contributed by atoms with van der Waals surface area (Å²) in [5.74, 6) is -1.19. The van der Waals surface area contributed by atoms with Crippen LogP contribution in [0.3, 0.4) is 0 Å². The first-order valence-corrected chi connectivity index (χ1v) is 7.46. The Kier molecular flexibility index (Phi) is 5.68. The first-order chi connectivity index (χ1) is 11.5. The van der Waals surface area contributed by atoms with Crippen molar-refractivity contribution in [3.63, 3.8) is 0 Å². The minimum Gasteiger partial charge on any atom is -0.492 e. The van der Waals surface area contributed by atoms with Crippen LogP contribution < -0.4 is 15.4 Å². The quantitative estimate of drug-likeness (QED) is 0.653. The number of rotatable bonds is 5. The summed E-state index contributed by atoms with van der Waals surface area (Å²) in [6, 6.07) is 13.2. The number of hydrogen-bond donors (Lipinski definition) is 2. The summed E-state index contributed by atoms with van der Waals surface area (Å²) < 4.78 is 5.39. The number of carbonyl (C=O) groups is 3. The second-order valence-corrected chi connectivity index (χ2v) is 4.97. The number of para-hydroxylation sites is 2. The van der Waals surface area contributed by atoms with Gasteiger partial charge in [-0.1, -0.05) is 12.1 Å². The summed E-state index contributed by atoms with van der Waals surface area (Å²) in [5.41, 5.74) is 1.38. The summed E-state index contributed by atoms with van der Waals surface area (Å²) in [6.45, 7) is 3.73. The summed E-state index contributed by atoms with van der Waals surface area (Å²) in [7, 11) is 0. The van der Waals surface area contributed by atoms with Gasteiger partial charge in [-0.2, -0.15) is 0 Å². The Bertz CT molecular complexity index is 754. The second kappa shape index (κ2) is 7.92. The highest BCUT2D eigenvalue weighted by atomic mass is 16.5. The third-order valence-corrected chi connectivity index (χ3v) is 3.19. The number of anilines is 2. The molecule has 2 amide bonds. The maximum atomic E-state index is 12.0. The van der Waals surface area contributed by atoms with Gasteiger partial charge in [0.05, 0.1) is 12.3 Å². The molecule has 0 radical (unpaired) electrons. The molecule has 0 unspecified atom stereocenters. The molecule has 124 valence electrons. The van der Waals surface area contributed by atoms with E-state index in [4.69, 9.17) is 4.74 Å². The average molecular weight is 326 g/mol. The number of benzene rings is 2. The Balaban J connectivity index is 2.02. The van der Waals surface area contributed by atoms with Crippen molar-refractivity contribution in [2.75, 3.05) is 17.2 Å². The lowest BCUT2D eigenvalue weighted by molar-refractivity contribution is -0.133. The van der Waals surface area contributed by atoms with Gasteiger partial charge in [0, 0.05) is 11.3 Å². The van der Waals surface area contributed by atoms with E-state index in [-0.39, 0.29) is 5.78 Å². The predicted octanol–water partition coefficient (Wildman–Crippen LogP) is 2.87. The van der Waals surface area contributed by atoms with Crippen molar-refractivity contribution < 1.29 is 19.1 Å². The Morgan fingerprint density at radius 2 is 1.54 bits per heavy atom. The molecule has 2 aromatic rings.